The fourth-order valence-electron chi connectivity index (χ4n) is 3.78. The van der Waals surface area contributed by atoms with Crippen LogP contribution in [-0.4, -0.2) is 20.2 Å². The Hall–Kier alpha value is -2.79. The molecule has 5 heteroatoms. The second kappa shape index (κ2) is 7.68. The lowest BCUT2D eigenvalue weighted by Gasteiger charge is -2.25. The van der Waals surface area contributed by atoms with E-state index in [9.17, 15) is 8.42 Å². The number of fused-ring (bicyclic) bond motifs is 1. The molecule has 0 aliphatic carbocycles. The van der Waals surface area contributed by atoms with E-state index < -0.39 is 10.0 Å². The smallest absolute Gasteiger partial charge is 0.233 e. The van der Waals surface area contributed by atoms with Crippen molar-refractivity contribution in [3.8, 4) is 0 Å². The molecule has 0 saturated carbocycles. The van der Waals surface area contributed by atoms with Gasteiger partial charge >= 0.3 is 0 Å². The number of nitrogens with one attached hydrogen (secondary N) is 1. The number of rotatable bonds is 6. The summed E-state index contributed by atoms with van der Waals surface area (Å²) in [4.78, 5) is 2.31. The summed E-state index contributed by atoms with van der Waals surface area (Å²) >= 11 is 0. The van der Waals surface area contributed by atoms with Gasteiger partial charge in [-0.25, -0.2) is 8.42 Å². The molecule has 0 amide bonds. The molecule has 1 unspecified atom stereocenters. The third-order valence-corrected chi connectivity index (χ3v) is 6.42. The lowest BCUT2D eigenvalue weighted by Crippen LogP contribution is -2.23. The largest absolute Gasteiger partial charge is 0.338 e. The zero-order valence-corrected chi connectivity index (χ0v) is 16.7. The molecule has 4 rings (SSSR count). The summed E-state index contributed by atoms with van der Waals surface area (Å²) in [5.41, 5.74) is 5.26. The van der Waals surface area contributed by atoms with Crippen LogP contribution in [0.2, 0.25) is 0 Å². The first-order valence-electron chi connectivity index (χ1n) is 9.53. The molecule has 1 N–H and O–H groups in total. The SMILES string of the molecule is CC1Cc2ccccc2N1c1ccc(NS(=O)(=O)CCc2ccccc2)cc1. The molecule has 3 aromatic carbocycles. The molecule has 1 heterocycles. The third kappa shape index (κ3) is 4.04. The first kappa shape index (κ1) is 18.6. The first-order valence-corrected chi connectivity index (χ1v) is 11.2. The maximum atomic E-state index is 12.4. The minimum atomic E-state index is -3.39. The van der Waals surface area contributed by atoms with Crippen LogP contribution >= 0.6 is 0 Å². The molecule has 1 atom stereocenters. The van der Waals surface area contributed by atoms with Gasteiger partial charge in [-0.05, 0) is 61.2 Å². The van der Waals surface area contributed by atoms with E-state index in [0.717, 1.165) is 17.7 Å². The predicted molar refractivity (Wildman–Crippen MR) is 116 cm³/mol. The number of nitrogens with zero attached hydrogens (tertiary/aromatic N) is 1. The number of hydrogen-bond donors (Lipinski definition) is 1. The summed E-state index contributed by atoms with van der Waals surface area (Å²) in [7, 11) is -3.39. The molecule has 0 spiro atoms. The Labute approximate surface area is 166 Å². The second-order valence-corrected chi connectivity index (χ2v) is 9.10. The van der Waals surface area contributed by atoms with Crippen molar-refractivity contribution in [1.29, 1.82) is 0 Å². The van der Waals surface area contributed by atoms with Gasteiger partial charge in [0.05, 0.1) is 5.75 Å². The molecule has 0 fully saturated rings. The molecule has 0 bridgehead atoms. The fraction of sp³-hybridized carbons (Fsp3) is 0.217. The van der Waals surface area contributed by atoms with Gasteiger partial charge in [-0.1, -0.05) is 48.5 Å². The van der Waals surface area contributed by atoms with E-state index in [1.807, 2.05) is 54.6 Å². The van der Waals surface area contributed by atoms with Crippen molar-refractivity contribution in [2.45, 2.75) is 25.8 Å². The van der Waals surface area contributed by atoms with Crippen LogP contribution < -0.4 is 9.62 Å². The zero-order chi connectivity index (χ0) is 19.6. The van der Waals surface area contributed by atoms with Gasteiger partial charge in [0, 0.05) is 23.1 Å². The molecule has 0 saturated heterocycles. The molecule has 1 aliphatic rings. The summed E-state index contributed by atoms with van der Waals surface area (Å²) < 4.78 is 27.5. The van der Waals surface area contributed by atoms with E-state index in [2.05, 4.69) is 40.8 Å². The van der Waals surface area contributed by atoms with Gasteiger partial charge in [0.2, 0.25) is 10.0 Å². The Balaban J connectivity index is 1.45. The van der Waals surface area contributed by atoms with Crippen molar-refractivity contribution >= 4 is 27.1 Å². The van der Waals surface area contributed by atoms with Gasteiger partial charge < -0.3 is 4.90 Å². The molecule has 144 valence electrons. The Bertz CT molecular complexity index is 1050. The van der Waals surface area contributed by atoms with Crippen LogP contribution in [0, 0.1) is 0 Å². The molecule has 1 aliphatic heterocycles. The van der Waals surface area contributed by atoms with Crippen molar-refractivity contribution in [1.82, 2.24) is 0 Å². The quantitative estimate of drug-likeness (QED) is 0.658. The minimum Gasteiger partial charge on any atom is -0.338 e. The van der Waals surface area contributed by atoms with Crippen LogP contribution in [0.5, 0.6) is 0 Å². The molecule has 3 aromatic rings. The number of sulfonamides is 1. The van der Waals surface area contributed by atoms with E-state index in [1.165, 1.54) is 11.3 Å². The van der Waals surface area contributed by atoms with Crippen molar-refractivity contribution in [3.63, 3.8) is 0 Å². The van der Waals surface area contributed by atoms with Crippen LogP contribution in [0.25, 0.3) is 0 Å². The average molecular weight is 393 g/mol. The van der Waals surface area contributed by atoms with Crippen LogP contribution in [0.3, 0.4) is 0 Å². The molecular formula is C23H24N2O2S. The highest BCUT2D eigenvalue weighted by molar-refractivity contribution is 7.92. The van der Waals surface area contributed by atoms with Crippen molar-refractivity contribution in [2.75, 3.05) is 15.4 Å². The third-order valence-electron chi connectivity index (χ3n) is 5.13. The number of aryl methyl sites for hydroxylation is 1. The van der Waals surface area contributed by atoms with Crippen LogP contribution in [0.4, 0.5) is 17.1 Å². The Morgan fingerprint density at radius 1 is 0.929 bits per heavy atom. The highest BCUT2D eigenvalue weighted by Crippen LogP contribution is 2.38. The van der Waals surface area contributed by atoms with E-state index >= 15 is 0 Å². The van der Waals surface area contributed by atoms with E-state index in [1.54, 1.807) is 0 Å². The normalized spacial score (nSPS) is 16.0. The maximum Gasteiger partial charge on any atom is 0.233 e. The Morgan fingerprint density at radius 2 is 1.61 bits per heavy atom. The molecule has 4 nitrogen and oxygen atoms in total. The summed E-state index contributed by atoms with van der Waals surface area (Å²) in [5.74, 6) is 0.0648. The molecule has 0 radical (unpaired) electrons. The minimum absolute atomic E-state index is 0.0648. The van der Waals surface area contributed by atoms with Crippen molar-refractivity contribution in [3.05, 3.63) is 90.0 Å². The van der Waals surface area contributed by atoms with Gasteiger partial charge in [-0.2, -0.15) is 0 Å². The van der Waals surface area contributed by atoms with Crippen LogP contribution in [0.1, 0.15) is 18.1 Å². The van der Waals surface area contributed by atoms with E-state index in [4.69, 9.17) is 0 Å². The lowest BCUT2D eigenvalue weighted by molar-refractivity contribution is 0.600. The summed E-state index contributed by atoms with van der Waals surface area (Å²) in [5, 5.41) is 0. The topological polar surface area (TPSA) is 49.4 Å². The number of benzene rings is 3. The van der Waals surface area contributed by atoms with E-state index in [-0.39, 0.29) is 5.75 Å². The van der Waals surface area contributed by atoms with E-state index in [0.29, 0.717) is 18.2 Å². The fourth-order valence-corrected chi connectivity index (χ4v) is 4.88. The number of anilines is 3. The summed E-state index contributed by atoms with van der Waals surface area (Å²) in [6.45, 7) is 2.21. The Kier molecular flexibility index (Phi) is 5.09. The molecular weight excluding hydrogens is 368 g/mol. The standard InChI is InChI=1S/C23H24N2O2S/c1-18-17-20-9-5-6-10-23(20)25(18)22-13-11-21(12-14-22)24-28(26,27)16-15-19-7-3-2-4-8-19/h2-14,18,24H,15-17H2,1H3. The van der Waals surface area contributed by atoms with Gasteiger partial charge in [0.15, 0.2) is 0 Å². The van der Waals surface area contributed by atoms with Crippen LogP contribution in [0.15, 0.2) is 78.9 Å². The van der Waals surface area contributed by atoms with Crippen molar-refractivity contribution in [2.24, 2.45) is 0 Å². The first-order chi connectivity index (χ1) is 13.5. The van der Waals surface area contributed by atoms with Crippen molar-refractivity contribution < 1.29 is 8.42 Å². The zero-order valence-electron chi connectivity index (χ0n) is 15.9. The van der Waals surface area contributed by atoms with Gasteiger partial charge in [0.1, 0.15) is 0 Å². The van der Waals surface area contributed by atoms with Gasteiger partial charge in [-0.3, -0.25) is 4.72 Å². The second-order valence-electron chi connectivity index (χ2n) is 7.26. The molecule has 28 heavy (non-hydrogen) atoms. The molecule has 0 aromatic heterocycles. The predicted octanol–water partition coefficient (Wildman–Crippen LogP) is 4.75. The highest BCUT2D eigenvalue weighted by atomic mass is 32.2. The lowest BCUT2D eigenvalue weighted by atomic mass is 10.1. The number of hydrogen-bond acceptors (Lipinski definition) is 3. The highest BCUT2D eigenvalue weighted by Gasteiger charge is 2.26. The van der Waals surface area contributed by atoms with Gasteiger partial charge in [0.25, 0.3) is 0 Å². The van der Waals surface area contributed by atoms with Crippen LogP contribution in [-0.2, 0) is 22.9 Å². The summed E-state index contributed by atoms with van der Waals surface area (Å²) in [6.07, 6.45) is 1.51. The Morgan fingerprint density at radius 3 is 2.36 bits per heavy atom. The maximum absolute atomic E-state index is 12.4. The summed E-state index contributed by atoms with van der Waals surface area (Å²) in [6, 6.07) is 26.1. The van der Waals surface area contributed by atoms with Gasteiger partial charge in [-0.15, -0.1) is 0 Å². The monoisotopic (exact) mass is 392 g/mol. The average Bonchev–Trinajstić information content (AvgIpc) is 3.03. The number of para-hydroxylation sites is 1.